The summed E-state index contributed by atoms with van der Waals surface area (Å²) in [6.45, 7) is 0.378. The third-order valence-electron chi connectivity index (χ3n) is 1.74. The van der Waals surface area contributed by atoms with Gasteiger partial charge in [0.15, 0.2) is 6.29 Å². The molecule has 15 heavy (non-hydrogen) atoms. The minimum atomic E-state index is -0.396. The Morgan fingerprint density at radius 2 is 2.27 bits per heavy atom. The highest BCUT2D eigenvalue weighted by atomic mass is 16.7. The van der Waals surface area contributed by atoms with Crippen LogP contribution in [0.15, 0.2) is 10.9 Å². The maximum Gasteiger partial charge on any atom is 0.254 e. The molecule has 0 fully saturated rings. The third-order valence-corrected chi connectivity index (χ3v) is 1.74. The summed E-state index contributed by atoms with van der Waals surface area (Å²) < 4.78 is 9.90. The van der Waals surface area contributed by atoms with Crippen LogP contribution in [0.25, 0.3) is 0 Å². The molecule has 0 amide bonds. The number of anilines is 2. The fourth-order valence-electron chi connectivity index (χ4n) is 1.02. The zero-order valence-corrected chi connectivity index (χ0v) is 8.61. The number of nitrogens with one attached hydrogen (secondary N) is 2. The van der Waals surface area contributed by atoms with Crippen LogP contribution >= 0.6 is 0 Å². The Hall–Kier alpha value is -1.60. The number of rotatable bonds is 5. The zero-order valence-electron chi connectivity index (χ0n) is 8.61. The van der Waals surface area contributed by atoms with Crippen molar-refractivity contribution in [3.63, 3.8) is 0 Å². The van der Waals surface area contributed by atoms with Gasteiger partial charge in [-0.3, -0.25) is 9.78 Å². The highest BCUT2D eigenvalue weighted by Gasteiger charge is 2.05. The van der Waals surface area contributed by atoms with Gasteiger partial charge in [0.25, 0.3) is 5.56 Å². The normalized spacial score (nSPS) is 10.6. The van der Waals surface area contributed by atoms with Crippen LogP contribution in [0.3, 0.4) is 0 Å². The van der Waals surface area contributed by atoms with Crippen LogP contribution in [0, 0.1) is 0 Å². The molecule has 7 nitrogen and oxygen atoms in total. The SMILES string of the molecule is COC(CNc1cc(=O)[nH]c(N)n1)OC. The molecule has 0 aromatic carbocycles. The maximum absolute atomic E-state index is 11.0. The summed E-state index contributed by atoms with van der Waals surface area (Å²) in [6, 6.07) is 1.30. The average Bonchev–Trinajstić information content (AvgIpc) is 2.18. The van der Waals surface area contributed by atoms with E-state index in [0.29, 0.717) is 12.4 Å². The van der Waals surface area contributed by atoms with Gasteiger partial charge in [0.2, 0.25) is 5.95 Å². The predicted octanol–water partition coefficient (Wildman–Crippen LogP) is -0.617. The number of hydrogen-bond acceptors (Lipinski definition) is 6. The second-order valence-corrected chi connectivity index (χ2v) is 2.80. The van der Waals surface area contributed by atoms with Crippen LogP contribution in [0.2, 0.25) is 0 Å². The summed E-state index contributed by atoms with van der Waals surface area (Å²) in [5.41, 5.74) is 5.05. The number of nitrogen functional groups attached to an aromatic ring is 1. The molecule has 84 valence electrons. The van der Waals surface area contributed by atoms with Crippen molar-refractivity contribution in [2.45, 2.75) is 6.29 Å². The van der Waals surface area contributed by atoms with E-state index in [-0.39, 0.29) is 11.5 Å². The lowest BCUT2D eigenvalue weighted by atomic mass is 10.5. The van der Waals surface area contributed by atoms with E-state index in [0.717, 1.165) is 0 Å². The molecule has 1 heterocycles. The zero-order chi connectivity index (χ0) is 11.3. The van der Waals surface area contributed by atoms with Crippen molar-refractivity contribution in [3.05, 3.63) is 16.4 Å². The molecule has 0 spiro atoms. The molecule has 0 saturated heterocycles. The highest BCUT2D eigenvalue weighted by molar-refractivity contribution is 5.37. The minimum absolute atomic E-state index is 0.0661. The number of nitrogens with two attached hydrogens (primary N) is 1. The Morgan fingerprint density at radius 3 is 2.80 bits per heavy atom. The Labute approximate surface area is 86.6 Å². The number of ether oxygens (including phenoxy) is 2. The monoisotopic (exact) mass is 214 g/mol. The molecule has 7 heteroatoms. The molecule has 1 aromatic heterocycles. The van der Waals surface area contributed by atoms with E-state index in [2.05, 4.69) is 15.3 Å². The Kier molecular flexibility index (Phi) is 4.07. The van der Waals surface area contributed by atoms with Crippen LogP contribution in [0.4, 0.5) is 11.8 Å². The first kappa shape index (κ1) is 11.5. The predicted molar refractivity (Wildman–Crippen MR) is 55.6 cm³/mol. The summed E-state index contributed by atoms with van der Waals surface area (Å²) in [4.78, 5) is 17.2. The van der Waals surface area contributed by atoms with Crippen LogP contribution < -0.4 is 16.6 Å². The lowest BCUT2D eigenvalue weighted by Crippen LogP contribution is -2.25. The summed E-state index contributed by atoms with van der Waals surface area (Å²) in [5, 5.41) is 2.87. The number of aromatic amines is 1. The van der Waals surface area contributed by atoms with Gasteiger partial charge in [-0.15, -0.1) is 0 Å². The summed E-state index contributed by atoms with van der Waals surface area (Å²) in [5.74, 6) is 0.451. The first-order valence-electron chi connectivity index (χ1n) is 4.32. The quantitative estimate of drug-likeness (QED) is 0.565. The van der Waals surface area contributed by atoms with Crippen molar-refractivity contribution in [1.29, 1.82) is 0 Å². The van der Waals surface area contributed by atoms with E-state index >= 15 is 0 Å². The van der Waals surface area contributed by atoms with Gasteiger partial charge in [-0.25, -0.2) is 0 Å². The molecular weight excluding hydrogens is 200 g/mol. The first-order chi connectivity index (χ1) is 7.15. The van der Waals surface area contributed by atoms with E-state index in [1.165, 1.54) is 20.3 Å². The van der Waals surface area contributed by atoms with Gasteiger partial charge in [0, 0.05) is 20.3 Å². The van der Waals surface area contributed by atoms with Crippen molar-refractivity contribution in [1.82, 2.24) is 9.97 Å². The number of aromatic nitrogens is 2. The highest BCUT2D eigenvalue weighted by Crippen LogP contribution is 2.00. The molecule has 1 aromatic rings. The van der Waals surface area contributed by atoms with Crippen LogP contribution in [0.5, 0.6) is 0 Å². The molecule has 0 aliphatic carbocycles. The van der Waals surface area contributed by atoms with E-state index in [1.54, 1.807) is 0 Å². The van der Waals surface area contributed by atoms with Gasteiger partial charge in [-0.1, -0.05) is 0 Å². The number of H-pyrrole nitrogens is 1. The molecular formula is C8H14N4O3. The standard InChI is InChI=1S/C8H14N4O3/c1-14-7(15-2)4-10-5-3-6(13)12-8(9)11-5/h3,7H,4H2,1-2H3,(H4,9,10,11,12,13). The summed E-state index contributed by atoms with van der Waals surface area (Å²) >= 11 is 0. The number of nitrogens with zero attached hydrogens (tertiary/aromatic N) is 1. The van der Waals surface area contributed by atoms with Crippen LogP contribution in [-0.2, 0) is 9.47 Å². The smallest absolute Gasteiger partial charge is 0.254 e. The Balaban J connectivity index is 2.61. The van der Waals surface area contributed by atoms with E-state index in [1.807, 2.05) is 0 Å². The van der Waals surface area contributed by atoms with Crippen molar-refractivity contribution in [2.24, 2.45) is 0 Å². The molecule has 0 radical (unpaired) electrons. The molecule has 1 rings (SSSR count). The van der Waals surface area contributed by atoms with Crippen molar-refractivity contribution in [2.75, 3.05) is 31.8 Å². The first-order valence-corrected chi connectivity index (χ1v) is 4.32. The summed E-state index contributed by atoms with van der Waals surface area (Å²) in [7, 11) is 3.05. The van der Waals surface area contributed by atoms with Gasteiger partial charge >= 0.3 is 0 Å². The summed E-state index contributed by atoms with van der Waals surface area (Å²) in [6.07, 6.45) is -0.396. The molecule has 0 saturated carbocycles. The largest absolute Gasteiger partial charge is 0.369 e. The molecule has 0 atom stereocenters. The van der Waals surface area contributed by atoms with Gasteiger partial charge in [0.1, 0.15) is 5.82 Å². The van der Waals surface area contributed by atoms with Crippen molar-refractivity contribution >= 4 is 11.8 Å². The van der Waals surface area contributed by atoms with Gasteiger partial charge in [-0.05, 0) is 0 Å². The second-order valence-electron chi connectivity index (χ2n) is 2.80. The Bertz CT molecular complexity index is 361. The van der Waals surface area contributed by atoms with Gasteiger partial charge in [-0.2, -0.15) is 4.98 Å². The minimum Gasteiger partial charge on any atom is -0.369 e. The molecule has 4 N–H and O–H groups in total. The maximum atomic E-state index is 11.0. The van der Waals surface area contributed by atoms with E-state index in [9.17, 15) is 4.79 Å². The number of hydrogen-bond donors (Lipinski definition) is 3. The topological polar surface area (TPSA) is 102 Å². The van der Waals surface area contributed by atoms with E-state index in [4.69, 9.17) is 15.2 Å². The average molecular weight is 214 g/mol. The lowest BCUT2D eigenvalue weighted by molar-refractivity contribution is -0.0914. The van der Waals surface area contributed by atoms with Crippen LogP contribution in [-0.4, -0.2) is 37.0 Å². The molecule has 0 unspecified atom stereocenters. The lowest BCUT2D eigenvalue weighted by Gasteiger charge is -2.14. The van der Waals surface area contributed by atoms with Crippen molar-refractivity contribution in [3.8, 4) is 0 Å². The van der Waals surface area contributed by atoms with Crippen molar-refractivity contribution < 1.29 is 9.47 Å². The fourth-order valence-corrected chi connectivity index (χ4v) is 1.02. The molecule has 0 aliphatic heterocycles. The van der Waals surface area contributed by atoms with Gasteiger partial charge < -0.3 is 20.5 Å². The molecule has 0 bridgehead atoms. The molecule has 0 aliphatic rings. The Morgan fingerprint density at radius 1 is 1.60 bits per heavy atom. The van der Waals surface area contributed by atoms with Crippen LogP contribution in [0.1, 0.15) is 0 Å². The third kappa shape index (κ3) is 3.56. The number of methoxy groups -OCH3 is 2. The van der Waals surface area contributed by atoms with E-state index < -0.39 is 6.29 Å². The van der Waals surface area contributed by atoms with Gasteiger partial charge in [0.05, 0.1) is 6.54 Å². The fraction of sp³-hybridized carbons (Fsp3) is 0.500. The second kappa shape index (κ2) is 5.32.